The van der Waals surface area contributed by atoms with Gasteiger partial charge in [-0.15, -0.1) is 0 Å². The molecular formula is C12H21N5O. The van der Waals surface area contributed by atoms with Crippen LogP contribution in [0.15, 0.2) is 11.1 Å². The molecule has 0 bridgehead atoms. The molecule has 1 aliphatic heterocycles. The molecule has 2 rings (SSSR count). The van der Waals surface area contributed by atoms with Crippen molar-refractivity contribution in [3.8, 4) is 0 Å². The van der Waals surface area contributed by atoms with Crippen molar-refractivity contribution in [2.75, 3.05) is 30.8 Å². The molecule has 0 aromatic carbocycles. The highest BCUT2D eigenvalue weighted by Gasteiger charge is 2.25. The molecule has 0 aliphatic carbocycles. The van der Waals surface area contributed by atoms with Gasteiger partial charge in [0.1, 0.15) is 5.69 Å². The fraction of sp³-hybridized carbons (Fsp3) is 0.667. The summed E-state index contributed by atoms with van der Waals surface area (Å²) >= 11 is 0. The third-order valence-electron chi connectivity index (χ3n) is 3.87. The number of aromatic amines is 1. The predicted octanol–water partition coefficient (Wildman–Crippen LogP) is 0.176. The fourth-order valence-corrected chi connectivity index (χ4v) is 2.50. The molecule has 6 nitrogen and oxygen atoms in total. The summed E-state index contributed by atoms with van der Waals surface area (Å²) in [5, 5.41) is 3.30. The molecule has 0 radical (unpaired) electrons. The molecule has 0 saturated carbocycles. The summed E-state index contributed by atoms with van der Waals surface area (Å²) < 4.78 is 0. The van der Waals surface area contributed by atoms with Crippen molar-refractivity contribution in [1.82, 2.24) is 15.3 Å². The van der Waals surface area contributed by atoms with Gasteiger partial charge in [-0.3, -0.25) is 4.79 Å². The first-order chi connectivity index (χ1) is 8.63. The van der Waals surface area contributed by atoms with E-state index in [4.69, 9.17) is 5.73 Å². The standard InChI is InChI=1S/C12H21N5O/c1-8(14-2)9-3-5-17(6-4-9)11-10(13)12(18)16-7-15-11/h7-9,14H,3-6,13H2,1-2H3,(H,15,16,18). The Morgan fingerprint density at radius 1 is 1.56 bits per heavy atom. The van der Waals surface area contributed by atoms with Crippen LogP contribution in [-0.4, -0.2) is 36.1 Å². The van der Waals surface area contributed by atoms with Crippen molar-refractivity contribution in [2.45, 2.75) is 25.8 Å². The number of rotatable bonds is 3. The van der Waals surface area contributed by atoms with E-state index in [9.17, 15) is 4.79 Å². The van der Waals surface area contributed by atoms with Crippen LogP contribution in [0.1, 0.15) is 19.8 Å². The van der Waals surface area contributed by atoms with Gasteiger partial charge in [-0.05, 0) is 32.7 Å². The number of H-pyrrole nitrogens is 1. The molecule has 1 aliphatic rings. The third-order valence-corrected chi connectivity index (χ3v) is 3.87. The van der Waals surface area contributed by atoms with Crippen LogP contribution in [0.5, 0.6) is 0 Å². The number of piperidine rings is 1. The lowest BCUT2D eigenvalue weighted by atomic mass is 9.90. The number of nitrogens with zero attached hydrogens (tertiary/aromatic N) is 2. The van der Waals surface area contributed by atoms with E-state index in [1.807, 2.05) is 7.05 Å². The van der Waals surface area contributed by atoms with Gasteiger partial charge in [-0.2, -0.15) is 0 Å². The summed E-state index contributed by atoms with van der Waals surface area (Å²) in [7, 11) is 1.99. The quantitative estimate of drug-likeness (QED) is 0.713. The largest absolute Gasteiger partial charge is 0.391 e. The highest BCUT2D eigenvalue weighted by Crippen LogP contribution is 2.25. The zero-order valence-corrected chi connectivity index (χ0v) is 10.9. The Balaban J connectivity index is 2.06. The van der Waals surface area contributed by atoms with Crippen molar-refractivity contribution in [3.63, 3.8) is 0 Å². The van der Waals surface area contributed by atoms with Crippen LogP contribution in [-0.2, 0) is 0 Å². The van der Waals surface area contributed by atoms with Gasteiger partial charge in [0.25, 0.3) is 5.56 Å². The monoisotopic (exact) mass is 251 g/mol. The number of nitrogens with one attached hydrogen (secondary N) is 2. The average Bonchev–Trinajstić information content (AvgIpc) is 2.41. The predicted molar refractivity (Wildman–Crippen MR) is 72.7 cm³/mol. The van der Waals surface area contributed by atoms with E-state index >= 15 is 0 Å². The SMILES string of the molecule is CNC(C)C1CCN(c2nc[nH]c(=O)c2N)CC1. The second-order valence-corrected chi connectivity index (χ2v) is 4.87. The zero-order valence-electron chi connectivity index (χ0n) is 10.9. The van der Waals surface area contributed by atoms with E-state index in [0.717, 1.165) is 25.9 Å². The minimum absolute atomic E-state index is 0.220. The van der Waals surface area contributed by atoms with E-state index in [1.54, 1.807) is 0 Å². The number of aromatic nitrogens is 2. The molecule has 1 saturated heterocycles. The zero-order chi connectivity index (χ0) is 13.1. The molecule has 1 fully saturated rings. The molecule has 0 amide bonds. The molecule has 1 unspecified atom stereocenters. The second-order valence-electron chi connectivity index (χ2n) is 4.87. The van der Waals surface area contributed by atoms with Crippen molar-refractivity contribution < 1.29 is 0 Å². The minimum Gasteiger partial charge on any atom is -0.391 e. The topological polar surface area (TPSA) is 87.0 Å². The van der Waals surface area contributed by atoms with Gasteiger partial charge in [0.15, 0.2) is 5.82 Å². The summed E-state index contributed by atoms with van der Waals surface area (Å²) in [6, 6.07) is 0.525. The van der Waals surface area contributed by atoms with Gasteiger partial charge in [-0.1, -0.05) is 0 Å². The average molecular weight is 251 g/mol. The van der Waals surface area contributed by atoms with Gasteiger partial charge < -0.3 is 20.9 Å². The summed E-state index contributed by atoms with van der Waals surface area (Å²) in [5.74, 6) is 1.30. The molecule has 100 valence electrons. The molecule has 0 spiro atoms. The minimum atomic E-state index is -0.259. The van der Waals surface area contributed by atoms with Crippen molar-refractivity contribution in [3.05, 3.63) is 16.7 Å². The first-order valence-electron chi connectivity index (χ1n) is 6.39. The van der Waals surface area contributed by atoms with Crippen LogP contribution >= 0.6 is 0 Å². The smallest absolute Gasteiger partial charge is 0.276 e. The number of hydrogen-bond donors (Lipinski definition) is 3. The summed E-state index contributed by atoms with van der Waals surface area (Å²) in [4.78, 5) is 20.2. The maximum absolute atomic E-state index is 11.4. The Kier molecular flexibility index (Phi) is 3.86. The maximum atomic E-state index is 11.4. The lowest BCUT2D eigenvalue weighted by molar-refractivity contribution is 0.323. The fourth-order valence-electron chi connectivity index (χ4n) is 2.50. The lowest BCUT2D eigenvalue weighted by Gasteiger charge is -2.35. The Bertz CT molecular complexity index is 450. The molecule has 2 heterocycles. The normalized spacial score (nSPS) is 18.9. The molecular weight excluding hydrogens is 230 g/mol. The van der Waals surface area contributed by atoms with Crippen molar-refractivity contribution >= 4 is 11.5 Å². The lowest BCUT2D eigenvalue weighted by Crippen LogP contribution is -2.41. The summed E-state index contributed by atoms with van der Waals surface area (Å²) in [6.45, 7) is 4.01. The van der Waals surface area contributed by atoms with Crippen LogP contribution in [0.25, 0.3) is 0 Å². The number of hydrogen-bond acceptors (Lipinski definition) is 5. The van der Waals surface area contributed by atoms with E-state index < -0.39 is 0 Å². The van der Waals surface area contributed by atoms with Gasteiger partial charge >= 0.3 is 0 Å². The molecule has 1 aromatic rings. The van der Waals surface area contributed by atoms with Crippen LogP contribution in [0.2, 0.25) is 0 Å². The Morgan fingerprint density at radius 3 is 2.83 bits per heavy atom. The van der Waals surface area contributed by atoms with Crippen LogP contribution in [0.3, 0.4) is 0 Å². The van der Waals surface area contributed by atoms with E-state index in [1.165, 1.54) is 6.33 Å². The molecule has 6 heteroatoms. The van der Waals surface area contributed by atoms with E-state index in [0.29, 0.717) is 17.8 Å². The third kappa shape index (κ3) is 2.48. The first kappa shape index (κ1) is 12.9. The van der Waals surface area contributed by atoms with Gasteiger partial charge in [-0.25, -0.2) is 4.98 Å². The molecule has 4 N–H and O–H groups in total. The van der Waals surface area contributed by atoms with E-state index in [-0.39, 0.29) is 11.2 Å². The number of nitrogens with two attached hydrogens (primary N) is 1. The van der Waals surface area contributed by atoms with Gasteiger partial charge in [0, 0.05) is 19.1 Å². The highest BCUT2D eigenvalue weighted by atomic mass is 16.1. The molecule has 18 heavy (non-hydrogen) atoms. The maximum Gasteiger partial charge on any atom is 0.276 e. The van der Waals surface area contributed by atoms with Crippen molar-refractivity contribution in [2.24, 2.45) is 5.92 Å². The van der Waals surface area contributed by atoms with Crippen molar-refractivity contribution in [1.29, 1.82) is 0 Å². The summed E-state index contributed by atoms with van der Waals surface area (Å²) in [6.07, 6.45) is 3.60. The Morgan fingerprint density at radius 2 is 2.22 bits per heavy atom. The van der Waals surface area contributed by atoms with Crippen LogP contribution in [0, 0.1) is 5.92 Å². The molecule has 1 aromatic heterocycles. The van der Waals surface area contributed by atoms with Gasteiger partial charge in [0.2, 0.25) is 0 Å². The van der Waals surface area contributed by atoms with Crippen LogP contribution < -0.4 is 21.5 Å². The van der Waals surface area contributed by atoms with Crippen LogP contribution in [0.4, 0.5) is 11.5 Å². The number of nitrogen functional groups attached to an aromatic ring is 1. The highest BCUT2D eigenvalue weighted by molar-refractivity contribution is 5.60. The Labute approximate surface area is 107 Å². The van der Waals surface area contributed by atoms with Gasteiger partial charge in [0.05, 0.1) is 6.33 Å². The molecule has 1 atom stereocenters. The van der Waals surface area contributed by atoms with E-state index in [2.05, 4.69) is 27.1 Å². The Hall–Kier alpha value is -1.56. The first-order valence-corrected chi connectivity index (χ1v) is 6.39. The second kappa shape index (κ2) is 5.39. The number of anilines is 2. The summed E-state index contributed by atoms with van der Waals surface area (Å²) in [5.41, 5.74) is 5.74.